The molecule has 90 valence electrons. The summed E-state index contributed by atoms with van der Waals surface area (Å²) in [6, 6.07) is 5.55. The normalized spacial score (nSPS) is 9.71. The van der Waals surface area contributed by atoms with Crippen LogP contribution in [-0.4, -0.2) is 23.7 Å². The molecule has 1 rings (SSSR count). The third-order valence-electron chi connectivity index (χ3n) is 2.21. The lowest BCUT2D eigenvalue weighted by Crippen LogP contribution is -2.30. The number of aryl methyl sites for hydroxylation is 1. The van der Waals surface area contributed by atoms with Crippen molar-refractivity contribution in [3.8, 4) is 11.8 Å². The van der Waals surface area contributed by atoms with Crippen LogP contribution in [0.2, 0.25) is 0 Å². The van der Waals surface area contributed by atoms with Crippen LogP contribution in [0, 0.1) is 18.8 Å². The number of nitrogens with one attached hydrogen (secondary N) is 1. The van der Waals surface area contributed by atoms with E-state index in [1.807, 2.05) is 32.9 Å². The van der Waals surface area contributed by atoms with Crippen LogP contribution in [0.25, 0.3) is 0 Å². The minimum Gasteiger partial charge on any atom is -0.384 e. The molecule has 0 saturated carbocycles. The Morgan fingerprint density at radius 1 is 1.47 bits per heavy atom. The molecular formula is C14H17NO2. The average Bonchev–Trinajstić information content (AvgIpc) is 2.27. The molecule has 0 aliphatic heterocycles. The first-order valence-corrected chi connectivity index (χ1v) is 5.56. The van der Waals surface area contributed by atoms with Crippen LogP contribution in [0.5, 0.6) is 0 Å². The van der Waals surface area contributed by atoms with Crippen molar-refractivity contribution in [3.63, 3.8) is 0 Å². The van der Waals surface area contributed by atoms with Gasteiger partial charge in [0.15, 0.2) is 0 Å². The molecule has 0 aliphatic rings. The highest BCUT2D eigenvalue weighted by Crippen LogP contribution is 2.10. The largest absolute Gasteiger partial charge is 0.384 e. The zero-order valence-electron chi connectivity index (χ0n) is 10.4. The molecule has 1 aromatic rings. The van der Waals surface area contributed by atoms with E-state index in [0.29, 0.717) is 5.56 Å². The fraction of sp³-hybridized carbons (Fsp3) is 0.357. The van der Waals surface area contributed by atoms with Gasteiger partial charge in [-0.1, -0.05) is 17.9 Å². The van der Waals surface area contributed by atoms with Crippen molar-refractivity contribution in [2.45, 2.75) is 26.8 Å². The second-order valence-corrected chi connectivity index (χ2v) is 4.12. The van der Waals surface area contributed by atoms with Crippen molar-refractivity contribution >= 4 is 5.91 Å². The van der Waals surface area contributed by atoms with Crippen LogP contribution < -0.4 is 5.32 Å². The van der Waals surface area contributed by atoms with Crippen molar-refractivity contribution in [3.05, 3.63) is 34.9 Å². The standard InChI is InChI=1S/C14H17NO2/c1-10(2)15-14(17)13-9-12(5-4-8-16)7-6-11(13)3/h6-7,9-10,16H,8H2,1-3H3,(H,15,17). The van der Waals surface area contributed by atoms with Crippen molar-refractivity contribution in [2.75, 3.05) is 6.61 Å². The lowest BCUT2D eigenvalue weighted by molar-refractivity contribution is 0.0942. The predicted octanol–water partition coefficient (Wildman–Crippen LogP) is 1.48. The van der Waals surface area contributed by atoms with Gasteiger partial charge in [0.05, 0.1) is 0 Å². The Labute approximate surface area is 102 Å². The second-order valence-electron chi connectivity index (χ2n) is 4.12. The van der Waals surface area contributed by atoms with Crippen LogP contribution in [0.3, 0.4) is 0 Å². The summed E-state index contributed by atoms with van der Waals surface area (Å²) in [5.74, 6) is 5.26. The third kappa shape index (κ3) is 3.93. The van der Waals surface area contributed by atoms with Gasteiger partial charge in [0.2, 0.25) is 0 Å². The van der Waals surface area contributed by atoms with E-state index in [-0.39, 0.29) is 18.6 Å². The summed E-state index contributed by atoms with van der Waals surface area (Å²) in [7, 11) is 0. The Hall–Kier alpha value is -1.79. The molecule has 0 aliphatic carbocycles. The summed E-state index contributed by atoms with van der Waals surface area (Å²) in [6.07, 6.45) is 0. The van der Waals surface area contributed by atoms with Gasteiger partial charge in [0.25, 0.3) is 5.91 Å². The fourth-order valence-corrected chi connectivity index (χ4v) is 1.43. The molecule has 0 heterocycles. The molecule has 0 bridgehead atoms. The van der Waals surface area contributed by atoms with Crippen LogP contribution in [0.4, 0.5) is 0 Å². The molecule has 3 nitrogen and oxygen atoms in total. The maximum Gasteiger partial charge on any atom is 0.251 e. The second kappa shape index (κ2) is 6.07. The molecule has 0 aromatic heterocycles. The summed E-state index contributed by atoms with van der Waals surface area (Å²) in [5, 5.41) is 11.5. The van der Waals surface area contributed by atoms with Crippen molar-refractivity contribution in [2.24, 2.45) is 0 Å². The number of hydrogen-bond acceptors (Lipinski definition) is 2. The van der Waals surface area contributed by atoms with Crippen LogP contribution in [0.15, 0.2) is 18.2 Å². The first-order valence-electron chi connectivity index (χ1n) is 5.56. The summed E-state index contributed by atoms with van der Waals surface area (Å²) in [5.41, 5.74) is 2.28. The van der Waals surface area contributed by atoms with E-state index in [2.05, 4.69) is 17.2 Å². The van der Waals surface area contributed by atoms with Gasteiger partial charge >= 0.3 is 0 Å². The lowest BCUT2D eigenvalue weighted by atomic mass is 10.0. The Morgan fingerprint density at radius 3 is 2.76 bits per heavy atom. The minimum atomic E-state index is -0.179. The molecule has 3 heteroatoms. The molecule has 1 amide bonds. The van der Waals surface area contributed by atoms with E-state index in [1.165, 1.54) is 0 Å². The van der Waals surface area contributed by atoms with E-state index in [9.17, 15) is 4.79 Å². The maximum atomic E-state index is 11.9. The third-order valence-corrected chi connectivity index (χ3v) is 2.21. The summed E-state index contributed by atoms with van der Waals surface area (Å²) in [6.45, 7) is 5.55. The Morgan fingerprint density at radius 2 is 2.18 bits per heavy atom. The molecule has 0 atom stereocenters. The van der Waals surface area contributed by atoms with E-state index in [1.54, 1.807) is 6.07 Å². The monoisotopic (exact) mass is 231 g/mol. The molecule has 2 N–H and O–H groups in total. The number of benzene rings is 1. The van der Waals surface area contributed by atoms with Gasteiger partial charge in [-0.3, -0.25) is 4.79 Å². The fourth-order valence-electron chi connectivity index (χ4n) is 1.43. The van der Waals surface area contributed by atoms with Gasteiger partial charge in [-0.15, -0.1) is 0 Å². The molecule has 1 aromatic carbocycles. The maximum absolute atomic E-state index is 11.9. The number of carbonyl (C=O) groups excluding carboxylic acids is 1. The summed E-state index contributed by atoms with van der Waals surface area (Å²) >= 11 is 0. The van der Waals surface area contributed by atoms with Crippen LogP contribution in [-0.2, 0) is 0 Å². The number of aliphatic hydroxyl groups is 1. The van der Waals surface area contributed by atoms with Gasteiger partial charge in [-0.2, -0.15) is 0 Å². The SMILES string of the molecule is Cc1ccc(C#CCO)cc1C(=O)NC(C)C. The first-order chi connectivity index (χ1) is 8.04. The highest BCUT2D eigenvalue weighted by atomic mass is 16.2. The average molecular weight is 231 g/mol. The topological polar surface area (TPSA) is 49.3 Å². The Kier molecular flexibility index (Phi) is 4.74. The van der Waals surface area contributed by atoms with Crippen molar-refractivity contribution in [1.82, 2.24) is 5.32 Å². The van der Waals surface area contributed by atoms with Crippen molar-refractivity contribution in [1.29, 1.82) is 0 Å². The van der Waals surface area contributed by atoms with Gasteiger partial charge in [-0.25, -0.2) is 0 Å². The zero-order valence-corrected chi connectivity index (χ0v) is 10.4. The van der Waals surface area contributed by atoms with Gasteiger partial charge < -0.3 is 10.4 Å². The highest BCUT2D eigenvalue weighted by molar-refractivity contribution is 5.96. The first kappa shape index (κ1) is 13.3. The van der Waals surface area contributed by atoms with E-state index < -0.39 is 0 Å². The molecule has 0 radical (unpaired) electrons. The van der Waals surface area contributed by atoms with Crippen molar-refractivity contribution < 1.29 is 9.90 Å². The Balaban J connectivity index is 3.02. The summed E-state index contributed by atoms with van der Waals surface area (Å²) < 4.78 is 0. The molecule has 0 unspecified atom stereocenters. The Bertz CT molecular complexity index is 467. The smallest absolute Gasteiger partial charge is 0.251 e. The van der Waals surface area contributed by atoms with Gasteiger partial charge in [-0.05, 0) is 38.5 Å². The molecular weight excluding hydrogens is 214 g/mol. The van der Waals surface area contributed by atoms with Crippen LogP contribution in [0.1, 0.15) is 35.3 Å². The van der Waals surface area contributed by atoms with E-state index in [4.69, 9.17) is 5.11 Å². The predicted molar refractivity (Wildman–Crippen MR) is 67.7 cm³/mol. The molecule has 0 saturated heterocycles. The zero-order chi connectivity index (χ0) is 12.8. The number of hydrogen-bond donors (Lipinski definition) is 2. The molecule has 0 fully saturated rings. The quantitative estimate of drug-likeness (QED) is 0.757. The molecule has 17 heavy (non-hydrogen) atoms. The van der Waals surface area contributed by atoms with E-state index in [0.717, 1.165) is 11.1 Å². The van der Waals surface area contributed by atoms with Crippen LogP contribution >= 0.6 is 0 Å². The number of amides is 1. The van der Waals surface area contributed by atoms with Gasteiger partial charge in [0, 0.05) is 17.2 Å². The lowest BCUT2D eigenvalue weighted by Gasteiger charge is -2.10. The minimum absolute atomic E-state index is 0.0925. The molecule has 0 spiro atoms. The number of rotatable bonds is 2. The number of aliphatic hydroxyl groups excluding tert-OH is 1. The summed E-state index contributed by atoms with van der Waals surface area (Å²) in [4.78, 5) is 11.9. The number of carbonyl (C=O) groups is 1. The highest BCUT2D eigenvalue weighted by Gasteiger charge is 2.10. The van der Waals surface area contributed by atoms with Gasteiger partial charge in [0.1, 0.15) is 6.61 Å². The van der Waals surface area contributed by atoms with E-state index >= 15 is 0 Å².